The van der Waals surface area contributed by atoms with Crippen molar-refractivity contribution in [3.05, 3.63) is 76.6 Å². The van der Waals surface area contributed by atoms with Crippen LogP contribution < -0.4 is 9.03 Å². The van der Waals surface area contributed by atoms with Gasteiger partial charge in [-0.1, -0.05) is 26.0 Å². The zero-order chi connectivity index (χ0) is 25.7. The molecule has 0 bridgehead atoms. The normalized spacial score (nSPS) is 15.4. The van der Waals surface area contributed by atoms with Gasteiger partial charge in [0.15, 0.2) is 0 Å². The first-order valence-corrected chi connectivity index (χ1v) is 12.3. The van der Waals surface area contributed by atoms with Crippen molar-refractivity contribution in [2.24, 2.45) is 0 Å². The SMILES string of the molecule is CC(C)c1cc(O)cc2c1CN(c1c(F)c(F)nc(F)c1F)S2.O=C1NS(=O)(=O)c2ccccc21. The fraction of sp³-hybridized carbons (Fsp3) is 0.182. The van der Waals surface area contributed by atoms with Crippen molar-refractivity contribution < 1.29 is 35.9 Å². The third-order valence-electron chi connectivity index (χ3n) is 5.23. The Balaban J connectivity index is 0.000000201. The molecule has 0 atom stereocenters. The smallest absolute Gasteiger partial charge is 0.266 e. The Labute approximate surface area is 202 Å². The summed E-state index contributed by atoms with van der Waals surface area (Å²) in [6, 6.07) is 9.12. The number of nitrogens with zero attached hydrogens (tertiary/aromatic N) is 2. The number of aromatic hydroxyl groups is 1. The van der Waals surface area contributed by atoms with Crippen LogP contribution in [0.15, 0.2) is 46.2 Å². The molecule has 3 heterocycles. The first-order chi connectivity index (χ1) is 16.4. The average Bonchev–Trinajstić information content (AvgIpc) is 3.30. The van der Waals surface area contributed by atoms with Gasteiger partial charge in [0.05, 0.1) is 12.1 Å². The van der Waals surface area contributed by atoms with Crippen LogP contribution in [-0.4, -0.2) is 24.4 Å². The molecule has 184 valence electrons. The van der Waals surface area contributed by atoms with Crippen molar-refractivity contribution in [2.45, 2.75) is 36.1 Å². The molecule has 1 aromatic heterocycles. The van der Waals surface area contributed by atoms with E-state index in [1.54, 1.807) is 18.2 Å². The third-order valence-corrected chi connectivity index (χ3v) is 7.71. The molecule has 2 aromatic carbocycles. The maximum absolute atomic E-state index is 13.9. The van der Waals surface area contributed by atoms with Gasteiger partial charge in [-0.15, -0.1) is 0 Å². The quantitative estimate of drug-likeness (QED) is 0.285. The predicted molar refractivity (Wildman–Crippen MR) is 119 cm³/mol. The number of sulfonamides is 1. The molecular formula is C22H17F4N3O4S2. The minimum absolute atomic E-state index is 0.0230. The van der Waals surface area contributed by atoms with Gasteiger partial charge in [-0.25, -0.2) is 13.1 Å². The molecule has 2 aliphatic rings. The molecule has 5 rings (SSSR count). The number of carbonyl (C=O) groups is 1. The molecule has 1 amide bonds. The number of phenolic OH excluding ortho intramolecular Hbond substituents is 1. The summed E-state index contributed by atoms with van der Waals surface area (Å²) in [6.45, 7) is 3.88. The largest absolute Gasteiger partial charge is 0.508 e. The summed E-state index contributed by atoms with van der Waals surface area (Å²) < 4.78 is 79.7. The number of carbonyl (C=O) groups excluding carboxylic acids is 1. The van der Waals surface area contributed by atoms with Gasteiger partial charge in [0.1, 0.15) is 16.3 Å². The number of aromatic nitrogens is 1. The van der Waals surface area contributed by atoms with Crippen LogP contribution in [0, 0.1) is 23.5 Å². The minimum atomic E-state index is -3.55. The Morgan fingerprint density at radius 3 is 2.31 bits per heavy atom. The number of benzene rings is 2. The Hall–Kier alpha value is -3.32. The minimum Gasteiger partial charge on any atom is -0.508 e. The molecule has 13 heteroatoms. The topological polar surface area (TPSA) is 99.6 Å². The number of fused-ring (bicyclic) bond motifs is 2. The van der Waals surface area contributed by atoms with Crippen molar-refractivity contribution in [3.8, 4) is 5.75 Å². The van der Waals surface area contributed by atoms with Gasteiger partial charge >= 0.3 is 0 Å². The summed E-state index contributed by atoms with van der Waals surface area (Å²) in [6.07, 6.45) is 0. The molecule has 7 nitrogen and oxygen atoms in total. The fourth-order valence-corrected chi connectivity index (χ4v) is 5.97. The maximum Gasteiger partial charge on any atom is 0.266 e. The Bertz CT molecular complexity index is 1440. The molecule has 0 fully saturated rings. The molecule has 0 radical (unpaired) electrons. The van der Waals surface area contributed by atoms with E-state index in [0.29, 0.717) is 4.90 Å². The second-order valence-electron chi connectivity index (χ2n) is 7.90. The van der Waals surface area contributed by atoms with Crippen LogP contribution in [0.5, 0.6) is 5.75 Å². The number of halogens is 4. The van der Waals surface area contributed by atoms with Crippen LogP contribution in [0.25, 0.3) is 0 Å². The Morgan fingerprint density at radius 2 is 1.71 bits per heavy atom. The van der Waals surface area contributed by atoms with Crippen LogP contribution >= 0.6 is 11.9 Å². The highest BCUT2D eigenvalue weighted by atomic mass is 32.2. The Kier molecular flexibility index (Phi) is 6.40. The van der Waals surface area contributed by atoms with Crippen molar-refractivity contribution in [3.63, 3.8) is 0 Å². The standard InChI is InChI=1S/C15H12F4N2OS.C7H5NO3S/c1-6(2)8-3-7(22)4-10-9(8)5-21(23-10)13-11(16)14(18)20-15(19)12(13)17;9-7-5-3-1-2-4-6(5)12(10,11)8-7/h3-4,6,22H,5H2,1-2H3;1-4H,(H,8,9). The molecule has 35 heavy (non-hydrogen) atoms. The molecule has 2 N–H and O–H groups in total. The van der Waals surface area contributed by atoms with Gasteiger partial charge in [0.25, 0.3) is 27.8 Å². The van der Waals surface area contributed by atoms with E-state index < -0.39 is 45.1 Å². The number of pyridine rings is 1. The predicted octanol–water partition coefficient (Wildman–Crippen LogP) is 4.61. The van der Waals surface area contributed by atoms with E-state index in [0.717, 1.165) is 27.4 Å². The van der Waals surface area contributed by atoms with E-state index in [1.165, 1.54) is 18.2 Å². The monoisotopic (exact) mass is 527 g/mol. The second kappa shape index (κ2) is 9.04. The van der Waals surface area contributed by atoms with Crippen LogP contribution in [-0.2, 0) is 16.6 Å². The van der Waals surface area contributed by atoms with Gasteiger partial charge in [-0.05, 0) is 53.3 Å². The molecule has 3 aromatic rings. The summed E-state index contributed by atoms with van der Waals surface area (Å²) in [5, 5.41) is 9.77. The molecule has 0 saturated carbocycles. The van der Waals surface area contributed by atoms with E-state index in [-0.39, 0.29) is 28.7 Å². The summed E-state index contributed by atoms with van der Waals surface area (Å²) in [4.78, 5) is 14.2. The van der Waals surface area contributed by atoms with E-state index in [4.69, 9.17) is 0 Å². The highest BCUT2D eigenvalue weighted by molar-refractivity contribution is 8.01. The number of phenols is 1. The maximum atomic E-state index is 13.9. The summed E-state index contributed by atoms with van der Waals surface area (Å²) in [7, 11) is -3.55. The number of anilines is 1. The average molecular weight is 528 g/mol. The zero-order valence-corrected chi connectivity index (χ0v) is 19.8. The summed E-state index contributed by atoms with van der Waals surface area (Å²) >= 11 is 0.913. The second-order valence-corrected chi connectivity index (χ2v) is 10.6. The molecule has 0 saturated heterocycles. The lowest BCUT2D eigenvalue weighted by Gasteiger charge is -2.18. The van der Waals surface area contributed by atoms with Gasteiger partial charge in [0, 0.05) is 4.90 Å². The van der Waals surface area contributed by atoms with E-state index in [2.05, 4.69) is 4.98 Å². The number of nitrogens with one attached hydrogen (secondary N) is 1. The van der Waals surface area contributed by atoms with Crippen LogP contribution in [0.3, 0.4) is 0 Å². The van der Waals surface area contributed by atoms with Gasteiger partial charge < -0.3 is 9.41 Å². The number of amides is 1. The first kappa shape index (κ1) is 24.8. The molecule has 2 aliphatic heterocycles. The lowest BCUT2D eigenvalue weighted by Crippen LogP contribution is -2.20. The highest BCUT2D eigenvalue weighted by Gasteiger charge is 2.33. The van der Waals surface area contributed by atoms with Crippen molar-refractivity contribution >= 4 is 33.6 Å². The van der Waals surface area contributed by atoms with Crippen molar-refractivity contribution in [2.75, 3.05) is 4.31 Å². The number of hydrogen-bond donors (Lipinski definition) is 2. The first-order valence-electron chi connectivity index (χ1n) is 10.1. The van der Waals surface area contributed by atoms with Gasteiger partial charge in [0.2, 0.25) is 11.6 Å². The molecular weight excluding hydrogens is 510 g/mol. The molecule has 0 unspecified atom stereocenters. The van der Waals surface area contributed by atoms with E-state index in [9.17, 15) is 35.9 Å². The Morgan fingerprint density at radius 1 is 1.09 bits per heavy atom. The van der Waals surface area contributed by atoms with Crippen molar-refractivity contribution in [1.29, 1.82) is 0 Å². The third kappa shape index (κ3) is 4.52. The van der Waals surface area contributed by atoms with E-state index >= 15 is 0 Å². The van der Waals surface area contributed by atoms with Gasteiger partial charge in [-0.2, -0.15) is 22.5 Å². The zero-order valence-electron chi connectivity index (χ0n) is 18.1. The lowest BCUT2D eigenvalue weighted by atomic mass is 9.96. The summed E-state index contributed by atoms with van der Waals surface area (Å²) in [5.41, 5.74) is 0.980. The van der Waals surface area contributed by atoms with Crippen molar-refractivity contribution in [1.82, 2.24) is 9.71 Å². The van der Waals surface area contributed by atoms with Crippen LogP contribution in [0.2, 0.25) is 0 Å². The molecule has 0 aliphatic carbocycles. The van der Waals surface area contributed by atoms with E-state index in [1.807, 2.05) is 18.6 Å². The number of hydrogen-bond acceptors (Lipinski definition) is 7. The fourth-order valence-electron chi connectivity index (χ4n) is 3.65. The molecule has 0 spiro atoms. The van der Waals surface area contributed by atoms with Gasteiger partial charge in [-0.3, -0.25) is 4.79 Å². The lowest BCUT2D eigenvalue weighted by molar-refractivity contribution is 0.0985. The number of rotatable bonds is 2. The summed E-state index contributed by atoms with van der Waals surface area (Å²) in [5.74, 6) is -6.93. The van der Waals surface area contributed by atoms with Crippen LogP contribution in [0.4, 0.5) is 23.2 Å². The van der Waals surface area contributed by atoms with Crippen LogP contribution in [0.1, 0.15) is 41.3 Å². The highest BCUT2D eigenvalue weighted by Crippen LogP contribution is 2.46.